The number of carbonyl (C=O) groups excluding carboxylic acids is 2. The second-order valence-electron chi connectivity index (χ2n) is 6.26. The smallest absolute Gasteiger partial charge is 0.419 e. The standard InChI is InChI=1S/C22H28N2O4/c1-3-23(4-2)15-16-24(21(25)27-17-19-11-7-5-8-12-19)22(26)28-18-20-13-9-6-10-14-20/h5-14H,3-4,15-18H2,1-2H3. The molecule has 2 rings (SSSR count). The van der Waals surface area contributed by atoms with Crippen molar-refractivity contribution in [3.8, 4) is 0 Å². The summed E-state index contributed by atoms with van der Waals surface area (Å²) in [4.78, 5) is 28.2. The van der Waals surface area contributed by atoms with Gasteiger partial charge in [0.25, 0.3) is 0 Å². The first kappa shape index (κ1) is 21.4. The number of imide groups is 1. The van der Waals surface area contributed by atoms with Gasteiger partial charge in [-0.3, -0.25) is 0 Å². The van der Waals surface area contributed by atoms with Crippen LogP contribution >= 0.6 is 0 Å². The summed E-state index contributed by atoms with van der Waals surface area (Å²) >= 11 is 0. The van der Waals surface area contributed by atoms with E-state index in [0.717, 1.165) is 29.1 Å². The van der Waals surface area contributed by atoms with Crippen molar-refractivity contribution in [2.45, 2.75) is 27.1 Å². The van der Waals surface area contributed by atoms with Gasteiger partial charge in [-0.1, -0.05) is 74.5 Å². The van der Waals surface area contributed by atoms with Crippen molar-refractivity contribution < 1.29 is 19.1 Å². The van der Waals surface area contributed by atoms with Gasteiger partial charge in [0.1, 0.15) is 13.2 Å². The quantitative estimate of drug-likeness (QED) is 0.645. The van der Waals surface area contributed by atoms with Crippen LogP contribution in [0.1, 0.15) is 25.0 Å². The minimum Gasteiger partial charge on any atom is -0.444 e. The van der Waals surface area contributed by atoms with E-state index in [1.165, 1.54) is 0 Å². The molecule has 2 amide bonds. The van der Waals surface area contributed by atoms with Gasteiger partial charge >= 0.3 is 12.2 Å². The predicted octanol–water partition coefficient (Wildman–Crippen LogP) is 4.30. The Labute approximate surface area is 166 Å². The highest BCUT2D eigenvalue weighted by Gasteiger charge is 2.25. The monoisotopic (exact) mass is 384 g/mol. The lowest BCUT2D eigenvalue weighted by atomic mass is 10.2. The van der Waals surface area contributed by atoms with Gasteiger partial charge in [-0.15, -0.1) is 0 Å². The summed E-state index contributed by atoms with van der Waals surface area (Å²) in [5, 5.41) is 0. The molecule has 0 atom stereocenters. The summed E-state index contributed by atoms with van der Waals surface area (Å²) in [7, 11) is 0. The van der Waals surface area contributed by atoms with Crippen LogP contribution in [0.15, 0.2) is 60.7 Å². The molecule has 6 nitrogen and oxygen atoms in total. The number of rotatable bonds is 9. The molecule has 0 radical (unpaired) electrons. The zero-order valence-electron chi connectivity index (χ0n) is 16.5. The molecule has 2 aromatic carbocycles. The van der Waals surface area contributed by atoms with Crippen molar-refractivity contribution >= 4 is 12.2 Å². The van der Waals surface area contributed by atoms with E-state index in [-0.39, 0.29) is 19.8 Å². The van der Waals surface area contributed by atoms with Gasteiger partial charge in [0.15, 0.2) is 0 Å². The lowest BCUT2D eigenvalue weighted by Crippen LogP contribution is -2.42. The number of amides is 2. The average Bonchev–Trinajstić information content (AvgIpc) is 2.75. The van der Waals surface area contributed by atoms with Gasteiger partial charge in [0.05, 0.1) is 0 Å². The lowest BCUT2D eigenvalue weighted by molar-refractivity contribution is 0.0666. The Hall–Kier alpha value is -2.86. The van der Waals surface area contributed by atoms with Crippen molar-refractivity contribution in [1.82, 2.24) is 9.80 Å². The first-order valence-electron chi connectivity index (χ1n) is 9.55. The third-order valence-electron chi connectivity index (χ3n) is 4.39. The van der Waals surface area contributed by atoms with E-state index in [1.807, 2.05) is 74.5 Å². The highest BCUT2D eigenvalue weighted by atomic mass is 16.6. The van der Waals surface area contributed by atoms with Crippen LogP contribution in [-0.2, 0) is 22.7 Å². The molecule has 150 valence electrons. The third kappa shape index (κ3) is 7.04. The van der Waals surface area contributed by atoms with Gasteiger partial charge in [-0.2, -0.15) is 0 Å². The van der Waals surface area contributed by atoms with Crippen LogP contribution in [-0.4, -0.2) is 48.2 Å². The maximum atomic E-state index is 12.5. The number of ether oxygens (including phenoxy) is 2. The molecule has 6 heteroatoms. The Morgan fingerprint density at radius 1 is 0.714 bits per heavy atom. The molecule has 0 saturated heterocycles. The molecule has 0 aromatic heterocycles. The van der Waals surface area contributed by atoms with Crippen molar-refractivity contribution in [2.24, 2.45) is 0 Å². The Kier molecular flexibility index (Phi) is 9.01. The Bertz CT molecular complexity index is 662. The SMILES string of the molecule is CCN(CC)CCN(C(=O)OCc1ccccc1)C(=O)OCc1ccccc1. The second kappa shape index (κ2) is 11.8. The highest BCUT2D eigenvalue weighted by Crippen LogP contribution is 2.08. The topological polar surface area (TPSA) is 59.1 Å². The van der Waals surface area contributed by atoms with Gasteiger partial charge in [0, 0.05) is 13.1 Å². The van der Waals surface area contributed by atoms with E-state index in [2.05, 4.69) is 4.90 Å². The average molecular weight is 384 g/mol. The first-order chi connectivity index (χ1) is 13.6. The molecular weight excluding hydrogens is 356 g/mol. The normalized spacial score (nSPS) is 10.5. The van der Waals surface area contributed by atoms with E-state index in [1.54, 1.807) is 0 Å². The van der Waals surface area contributed by atoms with E-state index in [4.69, 9.17) is 9.47 Å². The maximum Gasteiger partial charge on any atom is 0.419 e. The molecular formula is C22H28N2O4. The van der Waals surface area contributed by atoms with Crippen molar-refractivity contribution in [1.29, 1.82) is 0 Å². The fourth-order valence-corrected chi connectivity index (χ4v) is 2.63. The summed E-state index contributed by atoms with van der Waals surface area (Å²) in [6, 6.07) is 18.7. The molecule has 0 saturated carbocycles. The Morgan fingerprint density at radius 2 is 1.14 bits per heavy atom. The zero-order chi connectivity index (χ0) is 20.2. The van der Waals surface area contributed by atoms with Crippen LogP contribution in [0.5, 0.6) is 0 Å². The van der Waals surface area contributed by atoms with Crippen LogP contribution in [0.4, 0.5) is 9.59 Å². The first-order valence-corrected chi connectivity index (χ1v) is 9.55. The lowest BCUT2D eigenvalue weighted by Gasteiger charge is -2.24. The van der Waals surface area contributed by atoms with Crippen LogP contribution in [0.2, 0.25) is 0 Å². The van der Waals surface area contributed by atoms with Crippen molar-refractivity contribution in [3.05, 3.63) is 71.8 Å². The summed E-state index contributed by atoms with van der Waals surface area (Å²) in [6.45, 7) is 6.73. The number of nitrogens with zero attached hydrogens (tertiary/aromatic N) is 2. The van der Waals surface area contributed by atoms with Crippen LogP contribution < -0.4 is 0 Å². The molecule has 0 heterocycles. The minimum absolute atomic E-state index is 0.105. The number of hydrogen-bond donors (Lipinski definition) is 0. The summed E-state index contributed by atoms with van der Waals surface area (Å²) in [5.41, 5.74) is 1.72. The number of benzene rings is 2. The molecule has 28 heavy (non-hydrogen) atoms. The predicted molar refractivity (Wildman–Crippen MR) is 108 cm³/mol. The Morgan fingerprint density at radius 3 is 1.54 bits per heavy atom. The van der Waals surface area contributed by atoms with Crippen LogP contribution in [0.25, 0.3) is 0 Å². The van der Waals surface area contributed by atoms with Crippen molar-refractivity contribution in [3.63, 3.8) is 0 Å². The molecule has 0 N–H and O–H groups in total. The van der Waals surface area contributed by atoms with Gasteiger partial charge in [0.2, 0.25) is 0 Å². The van der Waals surface area contributed by atoms with Crippen LogP contribution in [0, 0.1) is 0 Å². The fourth-order valence-electron chi connectivity index (χ4n) is 2.63. The van der Waals surface area contributed by atoms with Crippen LogP contribution in [0.3, 0.4) is 0 Å². The molecule has 0 aliphatic rings. The van der Waals surface area contributed by atoms with Crippen molar-refractivity contribution in [2.75, 3.05) is 26.2 Å². The fraction of sp³-hybridized carbons (Fsp3) is 0.364. The van der Waals surface area contributed by atoms with E-state index >= 15 is 0 Å². The molecule has 0 fully saturated rings. The van der Waals surface area contributed by atoms with E-state index in [0.29, 0.717) is 6.54 Å². The molecule has 0 spiro atoms. The summed E-state index contributed by atoms with van der Waals surface area (Å²) in [6.07, 6.45) is -1.40. The van der Waals surface area contributed by atoms with Gasteiger partial charge < -0.3 is 14.4 Å². The van der Waals surface area contributed by atoms with Gasteiger partial charge in [-0.25, -0.2) is 14.5 Å². The highest BCUT2D eigenvalue weighted by molar-refractivity contribution is 5.87. The number of hydrogen-bond acceptors (Lipinski definition) is 5. The molecule has 0 aliphatic heterocycles. The summed E-state index contributed by atoms with van der Waals surface area (Å²) < 4.78 is 10.7. The molecule has 0 unspecified atom stereocenters. The molecule has 2 aromatic rings. The maximum absolute atomic E-state index is 12.5. The minimum atomic E-state index is -0.700. The van der Waals surface area contributed by atoms with E-state index in [9.17, 15) is 9.59 Å². The van der Waals surface area contributed by atoms with Gasteiger partial charge in [-0.05, 0) is 24.2 Å². The Balaban J connectivity index is 1.97. The molecule has 0 bridgehead atoms. The van der Waals surface area contributed by atoms with E-state index < -0.39 is 12.2 Å². The number of carbonyl (C=O) groups is 2. The summed E-state index contributed by atoms with van der Waals surface area (Å²) in [5.74, 6) is 0. The third-order valence-corrected chi connectivity index (χ3v) is 4.39. The second-order valence-corrected chi connectivity index (χ2v) is 6.26. The largest absolute Gasteiger partial charge is 0.444 e. The zero-order valence-corrected chi connectivity index (χ0v) is 16.5. The molecule has 0 aliphatic carbocycles. The number of likely N-dealkylation sites (N-methyl/N-ethyl adjacent to an activating group) is 1.